The number of rotatable bonds is 4. The van der Waals surface area contributed by atoms with Crippen LogP contribution in [0.5, 0.6) is 0 Å². The second kappa shape index (κ2) is 8.12. The molecule has 0 aliphatic carbocycles. The summed E-state index contributed by atoms with van der Waals surface area (Å²) < 4.78 is 0. The van der Waals surface area contributed by atoms with Gasteiger partial charge < -0.3 is 15.1 Å². The topological polar surface area (TPSA) is 47.9 Å². The van der Waals surface area contributed by atoms with Gasteiger partial charge in [0.15, 0.2) is 5.96 Å². The summed E-state index contributed by atoms with van der Waals surface area (Å²) in [5.41, 5.74) is 0. The van der Waals surface area contributed by atoms with Gasteiger partial charge >= 0.3 is 0 Å². The molecule has 1 aliphatic rings. The number of nitrogens with zero attached hydrogens (tertiary/aromatic N) is 3. The van der Waals surface area contributed by atoms with Crippen LogP contribution in [0.4, 0.5) is 0 Å². The Hall–Kier alpha value is -1.26. The molecule has 1 amide bonds. The number of hydrogen-bond donors (Lipinski definition) is 1. The van der Waals surface area contributed by atoms with Crippen LogP contribution in [0.3, 0.4) is 0 Å². The summed E-state index contributed by atoms with van der Waals surface area (Å²) in [5, 5.41) is 3.40. The Morgan fingerprint density at radius 2 is 1.95 bits per heavy atom. The van der Waals surface area contributed by atoms with E-state index in [0.717, 1.165) is 31.5 Å². The van der Waals surface area contributed by atoms with Gasteiger partial charge in [0.1, 0.15) is 6.54 Å². The summed E-state index contributed by atoms with van der Waals surface area (Å²) in [6.45, 7) is 9.82. The summed E-state index contributed by atoms with van der Waals surface area (Å²) in [6.07, 6.45) is 2.40. The Morgan fingerprint density at radius 1 is 1.35 bits per heavy atom. The minimum Gasteiger partial charge on any atom is -0.356 e. The van der Waals surface area contributed by atoms with Crippen molar-refractivity contribution < 1.29 is 4.79 Å². The van der Waals surface area contributed by atoms with Crippen molar-refractivity contribution in [3.05, 3.63) is 0 Å². The lowest BCUT2D eigenvalue weighted by Gasteiger charge is -2.33. The Balaban J connectivity index is 2.63. The summed E-state index contributed by atoms with van der Waals surface area (Å²) in [6, 6.07) is 0. The number of aliphatic imine (C=N–C) groups is 1. The zero-order valence-electron chi connectivity index (χ0n) is 13.6. The SMILES string of the molecule is CC(C)CNC(=NCC(=O)N(C)C)N1CCC(C)CC1. The summed E-state index contributed by atoms with van der Waals surface area (Å²) >= 11 is 0. The van der Waals surface area contributed by atoms with Gasteiger partial charge in [-0.05, 0) is 24.7 Å². The van der Waals surface area contributed by atoms with Crippen LogP contribution >= 0.6 is 0 Å². The molecule has 0 saturated carbocycles. The van der Waals surface area contributed by atoms with Crippen molar-refractivity contribution >= 4 is 11.9 Å². The third kappa shape index (κ3) is 5.80. The predicted octanol–water partition coefficient (Wildman–Crippen LogP) is 1.41. The first kappa shape index (κ1) is 16.8. The van der Waals surface area contributed by atoms with Gasteiger partial charge in [-0.25, -0.2) is 4.99 Å². The molecular formula is C15H30N4O. The smallest absolute Gasteiger partial charge is 0.243 e. The fraction of sp³-hybridized carbons (Fsp3) is 0.867. The number of nitrogens with one attached hydrogen (secondary N) is 1. The molecule has 5 nitrogen and oxygen atoms in total. The lowest BCUT2D eigenvalue weighted by molar-refractivity contribution is -0.127. The van der Waals surface area contributed by atoms with Crippen molar-refractivity contribution in [1.82, 2.24) is 15.1 Å². The third-order valence-corrected chi connectivity index (χ3v) is 3.61. The Labute approximate surface area is 123 Å². The van der Waals surface area contributed by atoms with Crippen LogP contribution in [0, 0.1) is 11.8 Å². The standard InChI is InChI=1S/C15H30N4O/c1-12(2)10-16-15(17-11-14(20)18(4)5)19-8-6-13(3)7-9-19/h12-13H,6-11H2,1-5H3,(H,16,17). The van der Waals surface area contributed by atoms with Crippen molar-refractivity contribution in [2.24, 2.45) is 16.8 Å². The molecule has 1 aliphatic heterocycles. The van der Waals surface area contributed by atoms with Crippen molar-refractivity contribution in [1.29, 1.82) is 0 Å². The third-order valence-electron chi connectivity index (χ3n) is 3.61. The predicted molar refractivity (Wildman–Crippen MR) is 83.8 cm³/mol. The van der Waals surface area contributed by atoms with Crippen LogP contribution in [0.2, 0.25) is 0 Å². The van der Waals surface area contributed by atoms with Crippen LogP contribution < -0.4 is 5.32 Å². The molecule has 1 heterocycles. The number of amides is 1. The van der Waals surface area contributed by atoms with E-state index in [0.29, 0.717) is 5.92 Å². The largest absolute Gasteiger partial charge is 0.356 e. The molecule has 0 aromatic heterocycles. The zero-order valence-corrected chi connectivity index (χ0v) is 13.6. The van der Waals surface area contributed by atoms with Crippen LogP contribution in [0.25, 0.3) is 0 Å². The molecule has 0 aromatic rings. The maximum absolute atomic E-state index is 11.7. The van der Waals surface area contributed by atoms with Crippen LogP contribution in [-0.2, 0) is 4.79 Å². The summed E-state index contributed by atoms with van der Waals surface area (Å²) in [4.78, 5) is 20.1. The molecule has 0 spiro atoms. The van der Waals surface area contributed by atoms with E-state index in [-0.39, 0.29) is 12.5 Å². The molecule has 116 valence electrons. The molecule has 0 unspecified atom stereocenters. The molecule has 20 heavy (non-hydrogen) atoms. The number of carbonyl (C=O) groups excluding carboxylic acids is 1. The fourth-order valence-electron chi connectivity index (χ4n) is 2.07. The van der Waals surface area contributed by atoms with E-state index in [1.165, 1.54) is 12.8 Å². The van der Waals surface area contributed by atoms with Gasteiger partial charge in [0.2, 0.25) is 5.91 Å². The van der Waals surface area contributed by atoms with Crippen molar-refractivity contribution in [2.75, 3.05) is 40.3 Å². The Bertz CT molecular complexity index is 331. The van der Waals surface area contributed by atoms with E-state index < -0.39 is 0 Å². The van der Waals surface area contributed by atoms with E-state index in [9.17, 15) is 4.79 Å². The first-order valence-corrected chi connectivity index (χ1v) is 7.63. The molecule has 1 saturated heterocycles. The molecule has 5 heteroatoms. The number of likely N-dealkylation sites (N-methyl/N-ethyl adjacent to an activating group) is 1. The van der Waals surface area contributed by atoms with Crippen LogP contribution in [0.1, 0.15) is 33.6 Å². The summed E-state index contributed by atoms with van der Waals surface area (Å²) in [5.74, 6) is 2.29. The molecule has 1 fully saturated rings. The second-order valence-corrected chi connectivity index (χ2v) is 6.37. The van der Waals surface area contributed by atoms with E-state index >= 15 is 0 Å². The minimum absolute atomic E-state index is 0.0409. The lowest BCUT2D eigenvalue weighted by atomic mass is 9.99. The van der Waals surface area contributed by atoms with Gasteiger partial charge in [0, 0.05) is 33.7 Å². The number of piperidine rings is 1. The number of guanidine groups is 1. The fourth-order valence-corrected chi connectivity index (χ4v) is 2.07. The van der Waals surface area contributed by atoms with Crippen molar-refractivity contribution in [3.8, 4) is 0 Å². The first-order valence-electron chi connectivity index (χ1n) is 7.63. The zero-order chi connectivity index (χ0) is 15.1. The van der Waals surface area contributed by atoms with Gasteiger partial charge in [-0.2, -0.15) is 0 Å². The summed E-state index contributed by atoms with van der Waals surface area (Å²) in [7, 11) is 3.53. The molecule has 0 radical (unpaired) electrons. The average molecular weight is 282 g/mol. The molecular weight excluding hydrogens is 252 g/mol. The van der Waals surface area contributed by atoms with Gasteiger partial charge in [-0.15, -0.1) is 0 Å². The molecule has 0 atom stereocenters. The number of hydrogen-bond acceptors (Lipinski definition) is 2. The maximum atomic E-state index is 11.7. The highest BCUT2D eigenvalue weighted by molar-refractivity contribution is 5.84. The normalized spacial score (nSPS) is 17.5. The van der Waals surface area contributed by atoms with E-state index in [1.807, 2.05) is 0 Å². The van der Waals surface area contributed by atoms with Gasteiger partial charge in [0.05, 0.1) is 0 Å². The lowest BCUT2D eigenvalue weighted by Crippen LogP contribution is -2.46. The molecule has 0 aromatic carbocycles. The maximum Gasteiger partial charge on any atom is 0.243 e. The minimum atomic E-state index is 0.0409. The average Bonchev–Trinajstić information content (AvgIpc) is 2.39. The molecule has 0 bridgehead atoms. The van der Waals surface area contributed by atoms with Gasteiger partial charge in [0.25, 0.3) is 0 Å². The van der Waals surface area contributed by atoms with Gasteiger partial charge in [-0.1, -0.05) is 20.8 Å². The first-order chi connectivity index (χ1) is 9.40. The van der Waals surface area contributed by atoms with Crippen LogP contribution in [-0.4, -0.2) is 61.9 Å². The quantitative estimate of drug-likeness (QED) is 0.626. The highest BCUT2D eigenvalue weighted by atomic mass is 16.2. The number of carbonyl (C=O) groups is 1. The van der Waals surface area contributed by atoms with E-state index in [1.54, 1.807) is 19.0 Å². The number of likely N-dealkylation sites (tertiary alicyclic amines) is 1. The second-order valence-electron chi connectivity index (χ2n) is 6.37. The highest BCUT2D eigenvalue weighted by Crippen LogP contribution is 2.15. The Morgan fingerprint density at radius 3 is 2.45 bits per heavy atom. The van der Waals surface area contributed by atoms with Crippen molar-refractivity contribution in [3.63, 3.8) is 0 Å². The van der Waals surface area contributed by atoms with E-state index in [4.69, 9.17) is 0 Å². The Kier molecular flexibility index (Phi) is 6.82. The van der Waals surface area contributed by atoms with Crippen molar-refractivity contribution in [2.45, 2.75) is 33.6 Å². The van der Waals surface area contributed by atoms with Gasteiger partial charge in [-0.3, -0.25) is 4.79 Å². The monoisotopic (exact) mass is 282 g/mol. The van der Waals surface area contributed by atoms with E-state index in [2.05, 4.69) is 36.0 Å². The molecule has 1 N–H and O–H groups in total. The van der Waals surface area contributed by atoms with Crippen LogP contribution in [0.15, 0.2) is 4.99 Å². The molecule has 1 rings (SSSR count). The highest BCUT2D eigenvalue weighted by Gasteiger charge is 2.19.